The minimum absolute atomic E-state index is 0.00873. The van der Waals surface area contributed by atoms with Gasteiger partial charge in [-0.2, -0.15) is 9.78 Å². The van der Waals surface area contributed by atoms with E-state index in [0.29, 0.717) is 39.6 Å². The fourth-order valence-corrected chi connectivity index (χ4v) is 3.82. The standard InChI is InChI=1S/C24H21BrN4O5/c1-4-14(2)23-27-20-9-5-15(25)11-19(20)24(30)28(23)26-13-17-7-10-21(34-17)18-8-6-16(29(31)32)12-22(18)33-3/h5-14H,4H2,1-3H3/t14-/m1/s1. The minimum Gasteiger partial charge on any atom is -0.496 e. The fraction of sp³-hybridized carbons (Fsp3) is 0.208. The Labute approximate surface area is 203 Å². The van der Waals surface area contributed by atoms with Crippen molar-refractivity contribution in [1.82, 2.24) is 9.66 Å². The highest BCUT2D eigenvalue weighted by Crippen LogP contribution is 2.34. The van der Waals surface area contributed by atoms with E-state index in [0.717, 1.165) is 10.9 Å². The van der Waals surface area contributed by atoms with Crippen LogP contribution < -0.4 is 10.3 Å². The molecule has 0 fully saturated rings. The first-order valence-corrected chi connectivity index (χ1v) is 11.3. The van der Waals surface area contributed by atoms with Gasteiger partial charge >= 0.3 is 0 Å². The van der Waals surface area contributed by atoms with Gasteiger partial charge in [0.25, 0.3) is 11.2 Å². The van der Waals surface area contributed by atoms with Gasteiger partial charge < -0.3 is 9.15 Å². The largest absolute Gasteiger partial charge is 0.496 e. The number of hydrogen-bond acceptors (Lipinski definition) is 7. The lowest BCUT2D eigenvalue weighted by atomic mass is 10.1. The normalized spacial score (nSPS) is 12.4. The van der Waals surface area contributed by atoms with Gasteiger partial charge in [-0.05, 0) is 42.8 Å². The van der Waals surface area contributed by atoms with Crippen molar-refractivity contribution in [1.29, 1.82) is 0 Å². The first kappa shape index (κ1) is 23.4. The topological polar surface area (TPSA) is 113 Å². The number of ether oxygens (including phenoxy) is 1. The van der Waals surface area contributed by atoms with Crippen LogP contribution in [0.15, 0.2) is 67.3 Å². The molecule has 2 heterocycles. The van der Waals surface area contributed by atoms with E-state index < -0.39 is 4.92 Å². The molecule has 0 saturated carbocycles. The molecule has 174 valence electrons. The number of furan rings is 1. The number of non-ortho nitro benzene ring substituents is 1. The lowest BCUT2D eigenvalue weighted by Crippen LogP contribution is -2.23. The molecule has 34 heavy (non-hydrogen) atoms. The number of nitrogens with zero attached hydrogens (tertiary/aromatic N) is 4. The first-order valence-electron chi connectivity index (χ1n) is 10.5. The van der Waals surface area contributed by atoms with Gasteiger partial charge in [-0.3, -0.25) is 14.9 Å². The van der Waals surface area contributed by atoms with Crippen LogP contribution in [-0.4, -0.2) is 27.9 Å². The van der Waals surface area contributed by atoms with E-state index in [2.05, 4.69) is 26.0 Å². The molecule has 0 spiro atoms. The molecule has 0 radical (unpaired) electrons. The SMILES string of the molecule is CC[C@@H](C)c1nc2ccc(Br)cc2c(=O)n1N=Cc1ccc(-c2ccc([N+](=O)[O-])cc2OC)o1. The average molecular weight is 525 g/mol. The number of benzene rings is 2. The molecule has 0 bridgehead atoms. The highest BCUT2D eigenvalue weighted by atomic mass is 79.9. The van der Waals surface area contributed by atoms with Gasteiger partial charge in [-0.15, -0.1) is 0 Å². The summed E-state index contributed by atoms with van der Waals surface area (Å²) in [4.78, 5) is 28.5. The minimum atomic E-state index is -0.491. The van der Waals surface area contributed by atoms with Crippen molar-refractivity contribution >= 4 is 38.7 Å². The van der Waals surface area contributed by atoms with Crippen LogP contribution in [0.3, 0.4) is 0 Å². The van der Waals surface area contributed by atoms with Crippen LogP contribution in [0.2, 0.25) is 0 Å². The van der Waals surface area contributed by atoms with Gasteiger partial charge in [0.05, 0.1) is 40.8 Å². The molecule has 0 unspecified atom stereocenters. The molecular formula is C24H21BrN4O5. The number of hydrogen-bond donors (Lipinski definition) is 0. The summed E-state index contributed by atoms with van der Waals surface area (Å²) in [6.07, 6.45) is 2.23. The van der Waals surface area contributed by atoms with Crippen molar-refractivity contribution in [2.24, 2.45) is 5.10 Å². The highest BCUT2D eigenvalue weighted by molar-refractivity contribution is 9.10. The summed E-state index contributed by atoms with van der Waals surface area (Å²) >= 11 is 3.40. The number of nitro benzene ring substituents is 1. The monoisotopic (exact) mass is 524 g/mol. The summed E-state index contributed by atoms with van der Waals surface area (Å²) in [6.45, 7) is 4.01. The molecule has 9 nitrogen and oxygen atoms in total. The van der Waals surface area contributed by atoms with Crippen molar-refractivity contribution in [2.45, 2.75) is 26.2 Å². The van der Waals surface area contributed by atoms with Gasteiger partial charge in [-0.1, -0.05) is 29.8 Å². The Morgan fingerprint density at radius 3 is 2.76 bits per heavy atom. The molecule has 1 atom stereocenters. The van der Waals surface area contributed by atoms with Gasteiger partial charge in [0.15, 0.2) is 0 Å². The van der Waals surface area contributed by atoms with Gasteiger partial charge in [0.1, 0.15) is 23.1 Å². The van der Waals surface area contributed by atoms with E-state index in [1.807, 2.05) is 19.9 Å². The number of methoxy groups -OCH3 is 1. The second-order valence-electron chi connectivity index (χ2n) is 7.65. The Morgan fingerprint density at radius 2 is 2.06 bits per heavy atom. The van der Waals surface area contributed by atoms with Crippen LogP contribution >= 0.6 is 15.9 Å². The zero-order valence-electron chi connectivity index (χ0n) is 18.7. The van der Waals surface area contributed by atoms with Crippen molar-refractivity contribution in [3.63, 3.8) is 0 Å². The second-order valence-corrected chi connectivity index (χ2v) is 8.56. The predicted molar refractivity (Wildman–Crippen MR) is 133 cm³/mol. The maximum atomic E-state index is 13.2. The third-order valence-electron chi connectivity index (χ3n) is 5.48. The maximum absolute atomic E-state index is 13.2. The van der Waals surface area contributed by atoms with Crippen LogP contribution in [0.5, 0.6) is 5.75 Å². The molecular weight excluding hydrogens is 504 g/mol. The Balaban J connectivity index is 1.74. The van der Waals surface area contributed by atoms with E-state index in [-0.39, 0.29) is 17.2 Å². The van der Waals surface area contributed by atoms with Gasteiger partial charge in [0, 0.05) is 16.5 Å². The summed E-state index contributed by atoms with van der Waals surface area (Å²) in [5.74, 6) is 1.72. The molecule has 2 aromatic carbocycles. The van der Waals surface area contributed by atoms with Crippen LogP contribution in [0.25, 0.3) is 22.2 Å². The summed E-state index contributed by atoms with van der Waals surface area (Å²) in [7, 11) is 1.43. The molecule has 0 aliphatic heterocycles. The molecule has 4 aromatic rings. The van der Waals surface area contributed by atoms with Crippen LogP contribution in [0.4, 0.5) is 5.69 Å². The number of halogens is 1. The molecule has 2 aromatic heterocycles. The highest BCUT2D eigenvalue weighted by Gasteiger charge is 2.17. The molecule has 0 saturated heterocycles. The van der Waals surface area contributed by atoms with Gasteiger partial charge in [0.2, 0.25) is 0 Å². The third kappa shape index (κ3) is 4.49. The molecule has 0 N–H and O–H groups in total. The smallest absolute Gasteiger partial charge is 0.282 e. The Hall–Kier alpha value is -3.79. The van der Waals surface area contributed by atoms with Crippen molar-refractivity contribution < 1.29 is 14.1 Å². The number of nitro groups is 1. The number of fused-ring (bicyclic) bond motifs is 1. The molecule has 0 amide bonds. The molecule has 0 aliphatic rings. The zero-order valence-corrected chi connectivity index (χ0v) is 20.3. The predicted octanol–water partition coefficient (Wildman–Crippen LogP) is 5.73. The van der Waals surface area contributed by atoms with Crippen molar-refractivity contribution in [3.8, 4) is 17.1 Å². The zero-order chi connectivity index (χ0) is 24.4. The lowest BCUT2D eigenvalue weighted by Gasteiger charge is -2.13. The number of aromatic nitrogens is 2. The summed E-state index contributed by atoms with van der Waals surface area (Å²) in [5, 5.41) is 15.9. The van der Waals surface area contributed by atoms with Crippen molar-refractivity contribution in [3.05, 3.63) is 85.1 Å². The van der Waals surface area contributed by atoms with E-state index >= 15 is 0 Å². The third-order valence-corrected chi connectivity index (χ3v) is 5.97. The summed E-state index contributed by atoms with van der Waals surface area (Å²) < 4.78 is 13.2. The Morgan fingerprint density at radius 1 is 1.26 bits per heavy atom. The van der Waals surface area contributed by atoms with Crippen LogP contribution in [0.1, 0.15) is 37.8 Å². The summed E-state index contributed by atoms with van der Waals surface area (Å²) in [5.41, 5.74) is 0.811. The van der Waals surface area contributed by atoms with Crippen molar-refractivity contribution in [2.75, 3.05) is 7.11 Å². The fourth-order valence-electron chi connectivity index (χ4n) is 3.46. The van der Waals surface area contributed by atoms with Gasteiger partial charge in [-0.25, -0.2) is 4.98 Å². The molecule has 10 heteroatoms. The summed E-state index contributed by atoms with van der Waals surface area (Å²) in [6, 6.07) is 13.1. The molecule has 4 rings (SSSR count). The first-order chi connectivity index (χ1) is 16.3. The second kappa shape index (κ2) is 9.60. The van der Waals surface area contributed by atoms with E-state index in [4.69, 9.17) is 9.15 Å². The Bertz CT molecular complexity index is 1470. The quantitative estimate of drug-likeness (QED) is 0.173. The van der Waals surface area contributed by atoms with Crippen LogP contribution in [0, 0.1) is 10.1 Å². The maximum Gasteiger partial charge on any atom is 0.282 e. The van der Waals surface area contributed by atoms with E-state index in [9.17, 15) is 14.9 Å². The number of rotatable bonds is 7. The van der Waals surface area contributed by atoms with E-state index in [1.165, 1.54) is 30.1 Å². The molecule has 0 aliphatic carbocycles. The van der Waals surface area contributed by atoms with E-state index in [1.54, 1.807) is 30.3 Å². The lowest BCUT2D eigenvalue weighted by molar-refractivity contribution is -0.384. The Kier molecular flexibility index (Phi) is 6.60. The van der Waals surface area contributed by atoms with Crippen LogP contribution in [-0.2, 0) is 0 Å². The average Bonchev–Trinajstić information content (AvgIpc) is 3.31.